The molecular formula is C73H116O6. The number of carbonyl (C=O) groups is 3. The highest BCUT2D eigenvalue weighted by Crippen LogP contribution is 2.15. The zero-order valence-corrected chi connectivity index (χ0v) is 50.8. The second-order valence-electron chi connectivity index (χ2n) is 20.5. The Kier molecular flexibility index (Phi) is 61.4. The third-order valence-electron chi connectivity index (χ3n) is 13.0. The number of ether oxygens (including phenoxy) is 3. The van der Waals surface area contributed by atoms with Crippen molar-refractivity contribution in [3.8, 4) is 0 Å². The predicted molar refractivity (Wildman–Crippen MR) is 343 cm³/mol. The molecule has 0 aromatic rings. The summed E-state index contributed by atoms with van der Waals surface area (Å²) in [5.74, 6) is -1.07. The quantitative estimate of drug-likeness (QED) is 0.0261. The highest BCUT2D eigenvalue weighted by molar-refractivity contribution is 5.72. The van der Waals surface area contributed by atoms with Crippen LogP contribution in [0.5, 0.6) is 0 Å². The van der Waals surface area contributed by atoms with Crippen LogP contribution in [0.3, 0.4) is 0 Å². The van der Waals surface area contributed by atoms with E-state index in [4.69, 9.17) is 14.2 Å². The predicted octanol–water partition coefficient (Wildman–Crippen LogP) is 22.1. The molecule has 0 radical (unpaired) electrons. The maximum Gasteiger partial charge on any atom is 0.309 e. The molecule has 79 heavy (non-hydrogen) atoms. The number of hydrogen-bond acceptors (Lipinski definition) is 6. The van der Waals surface area contributed by atoms with Crippen molar-refractivity contribution >= 4 is 17.9 Å². The maximum absolute atomic E-state index is 12.9. The van der Waals surface area contributed by atoms with E-state index in [-0.39, 0.29) is 31.6 Å². The van der Waals surface area contributed by atoms with Gasteiger partial charge in [0.15, 0.2) is 6.10 Å². The van der Waals surface area contributed by atoms with Crippen LogP contribution in [0.2, 0.25) is 0 Å². The average molecular weight is 1090 g/mol. The van der Waals surface area contributed by atoms with Crippen molar-refractivity contribution in [2.75, 3.05) is 13.2 Å². The van der Waals surface area contributed by atoms with Crippen molar-refractivity contribution in [1.82, 2.24) is 0 Å². The molecule has 0 saturated carbocycles. The topological polar surface area (TPSA) is 78.9 Å². The van der Waals surface area contributed by atoms with E-state index in [1.54, 1.807) is 6.08 Å². The smallest absolute Gasteiger partial charge is 0.309 e. The van der Waals surface area contributed by atoms with Gasteiger partial charge in [-0.1, -0.05) is 281 Å². The highest BCUT2D eigenvalue weighted by atomic mass is 16.6. The SMILES string of the molecule is CC/C=C\C/C=C\C/C=C\C/C=C\C/C=C\CCCCCCCCCCCCCCCC(=O)OCC(COC(=O)C/C=C\C/C=C\C/C=C\C/C=C\C/C=C\CC)OC(=O)CCCCCCCCC/C=C\C/C=C\C/C=C\CC. The fourth-order valence-corrected chi connectivity index (χ4v) is 8.38. The van der Waals surface area contributed by atoms with Gasteiger partial charge in [-0.3, -0.25) is 14.4 Å². The minimum absolute atomic E-state index is 0.118. The lowest BCUT2D eigenvalue weighted by Crippen LogP contribution is -2.30. The molecule has 0 N–H and O–H groups in total. The minimum atomic E-state index is -0.832. The molecule has 0 aromatic carbocycles. The van der Waals surface area contributed by atoms with Crippen LogP contribution in [0.15, 0.2) is 158 Å². The summed E-state index contributed by atoms with van der Waals surface area (Å²) < 4.78 is 16.8. The van der Waals surface area contributed by atoms with Crippen LogP contribution >= 0.6 is 0 Å². The van der Waals surface area contributed by atoms with Crippen molar-refractivity contribution in [3.05, 3.63) is 158 Å². The van der Waals surface area contributed by atoms with E-state index >= 15 is 0 Å². The third kappa shape index (κ3) is 63.7. The van der Waals surface area contributed by atoms with Gasteiger partial charge < -0.3 is 14.2 Å². The second-order valence-corrected chi connectivity index (χ2v) is 20.5. The van der Waals surface area contributed by atoms with Gasteiger partial charge in [0.25, 0.3) is 0 Å². The Bertz CT molecular complexity index is 1780. The van der Waals surface area contributed by atoms with Crippen LogP contribution in [0.25, 0.3) is 0 Å². The van der Waals surface area contributed by atoms with E-state index < -0.39 is 12.1 Å². The fourth-order valence-electron chi connectivity index (χ4n) is 8.38. The standard InChI is InChI=1S/C73H116O6/c1-4-7-10-13-16-19-22-25-28-30-31-32-33-34-35-36-37-38-39-40-41-43-45-48-51-54-57-60-63-66-72(75)78-69-70(68-77-71(74)65-62-59-56-53-50-47-44-27-24-21-18-15-12-9-6-3)79-73(76)67-64-61-58-55-52-49-46-42-29-26-23-20-17-14-11-8-5-2/h7-12,16-21,25-29,31-32,34-35,44,50,53,59,62,70H,4-6,13-15,22-24,30,33,36-43,45-49,51-52,54-58,60-61,63-69H2,1-3H3/b10-7-,11-8-,12-9-,19-16-,20-17-,21-18-,28-25-,29-26-,32-31-,35-34-,44-27-,53-50-,62-59-. The van der Waals surface area contributed by atoms with E-state index in [1.165, 1.54) is 89.9 Å². The first kappa shape index (κ1) is 74.0. The van der Waals surface area contributed by atoms with E-state index in [0.29, 0.717) is 12.8 Å². The van der Waals surface area contributed by atoms with Crippen LogP contribution in [0.4, 0.5) is 0 Å². The van der Waals surface area contributed by atoms with Crippen molar-refractivity contribution in [3.63, 3.8) is 0 Å². The summed E-state index contributed by atoms with van der Waals surface area (Å²) in [4.78, 5) is 38.2. The van der Waals surface area contributed by atoms with E-state index in [1.807, 2.05) is 6.08 Å². The van der Waals surface area contributed by atoms with Crippen molar-refractivity contribution < 1.29 is 28.6 Å². The molecule has 0 aliphatic rings. The zero-order chi connectivity index (χ0) is 57.1. The Morgan fingerprint density at radius 1 is 0.266 bits per heavy atom. The molecule has 6 nitrogen and oxygen atoms in total. The molecule has 1 atom stereocenters. The molecule has 0 fully saturated rings. The number of esters is 3. The zero-order valence-electron chi connectivity index (χ0n) is 50.8. The second kappa shape index (κ2) is 65.5. The maximum atomic E-state index is 12.9. The number of rotatable bonds is 56. The summed E-state index contributed by atoms with van der Waals surface area (Å²) in [7, 11) is 0. The summed E-state index contributed by atoms with van der Waals surface area (Å²) in [6.07, 6.45) is 95.6. The van der Waals surface area contributed by atoms with Crippen molar-refractivity contribution in [1.29, 1.82) is 0 Å². The lowest BCUT2D eigenvalue weighted by molar-refractivity contribution is -0.166. The average Bonchev–Trinajstić information content (AvgIpc) is 3.45. The van der Waals surface area contributed by atoms with Gasteiger partial charge in [-0.2, -0.15) is 0 Å². The van der Waals surface area contributed by atoms with Crippen LogP contribution in [-0.2, 0) is 28.6 Å². The Hall–Kier alpha value is -4.97. The Morgan fingerprint density at radius 2 is 0.506 bits per heavy atom. The summed E-state index contributed by atoms with van der Waals surface area (Å²) in [6.45, 7) is 6.21. The minimum Gasteiger partial charge on any atom is -0.462 e. The molecule has 0 heterocycles. The van der Waals surface area contributed by atoms with Gasteiger partial charge in [0, 0.05) is 12.8 Å². The largest absolute Gasteiger partial charge is 0.462 e. The van der Waals surface area contributed by atoms with Crippen LogP contribution in [-0.4, -0.2) is 37.2 Å². The van der Waals surface area contributed by atoms with Gasteiger partial charge in [0.1, 0.15) is 13.2 Å². The Morgan fingerprint density at radius 3 is 0.823 bits per heavy atom. The summed E-state index contributed by atoms with van der Waals surface area (Å²) in [5, 5.41) is 0. The van der Waals surface area contributed by atoms with Gasteiger partial charge in [-0.15, -0.1) is 0 Å². The summed E-state index contributed by atoms with van der Waals surface area (Å²) in [6, 6.07) is 0. The monoisotopic (exact) mass is 1090 g/mol. The van der Waals surface area contributed by atoms with E-state index in [9.17, 15) is 14.4 Å². The first-order valence-corrected chi connectivity index (χ1v) is 32.0. The number of hydrogen-bond donors (Lipinski definition) is 0. The Balaban J connectivity index is 4.38. The molecule has 444 valence electrons. The van der Waals surface area contributed by atoms with Crippen molar-refractivity contribution in [2.24, 2.45) is 0 Å². The molecule has 0 bridgehead atoms. The third-order valence-corrected chi connectivity index (χ3v) is 13.0. The molecule has 0 spiro atoms. The summed E-state index contributed by atoms with van der Waals surface area (Å²) >= 11 is 0. The molecule has 0 aromatic heterocycles. The van der Waals surface area contributed by atoms with E-state index in [2.05, 4.69) is 167 Å². The van der Waals surface area contributed by atoms with Crippen LogP contribution < -0.4 is 0 Å². The lowest BCUT2D eigenvalue weighted by atomic mass is 10.0. The molecule has 0 saturated heterocycles. The molecular weight excluding hydrogens is 973 g/mol. The first-order valence-electron chi connectivity index (χ1n) is 32.0. The van der Waals surface area contributed by atoms with Gasteiger partial charge in [-0.05, 0) is 122 Å². The number of unbranched alkanes of at least 4 members (excludes halogenated alkanes) is 20. The van der Waals surface area contributed by atoms with Crippen molar-refractivity contribution in [2.45, 2.75) is 271 Å². The van der Waals surface area contributed by atoms with Gasteiger partial charge >= 0.3 is 17.9 Å². The first-order chi connectivity index (χ1) is 39.0. The van der Waals surface area contributed by atoms with Gasteiger partial charge in [-0.25, -0.2) is 0 Å². The molecule has 0 rings (SSSR count). The molecule has 6 heteroatoms. The summed E-state index contributed by atoms with van der Waals surface area (Å²) in [5.41, 5.74) is 0. The van der Waals surface area contributed by atoms with Crippen LogP contribution in [0.1, 0.15) is 265 Å². The number of allylic oxidation sites excluding steroid dienone is 25. The molecule has 1 unspecified atom stereocenters. The van der Waals surface area contributed by atoms with Gasteiger partial charge in [0.05, 0.1) is 6.42 Å². The molecule has 0 aliphatic carbocycles. The number of carbonyl (C=O) groups excluding carboxylic acids is 3. The lowest BCUT2D eigenvalue weighted by Gasteiger charge is -2.18. The molecule has 0 aliphatic heterocycles. The fraction of sp³-hybridized carbons (Fsp3) is 0.603. The van der Waals surface area contributed by atoms with Gasteiger partial charge in [0.2, 0.25) is 0 Å². The van der Waals surface area contributed by atoms with E-state index in [0.717, 1.165) is 135 Å². The Labute approximate surface area is 486 Å². The highest BCUT2D eigenvalue weighted by Gasteiger charge is 2.19. The normalized spacial score (nSPS) is 13.2. The molecule has 0 amide bonds. The van der Waals surface area contributed by atoms with Crippen LogP contribution in [0, 0.1) is 0 Å².